The number of benzene rings is 2. The van der Waals surface area contributed by atoms with Crippen molar-refractivity contribution >= 4 is 29.3 Å². The molecule has 1 aliphatic rings. The number of ether oxygens (including phenoxy) is 2. The first-order valence-electron chi connectivity index (χ1n) is 8.54. The van der Waals surface area contributed by atoms with Crippen molar-refractivity contribution in [3.8, 4) is 5.75 Å². The average molecular weight is 387 g/mol. The highest BCUT2D eigenvalue weighted by Crippen LogP contribution is 2.46. The van der Waals surface area contributed by atoms with Crippen LogP contribution in [0, 0.1) is 0 Å². The third-order valence-corrected chi connectivity index (χ3v) is 5.63. The fraction of sp³-hybridized carbons (Fsp3) is 0.300. The van der Waals surface area contributed by atoms with Crippen LogP contribution in [-0.4, -0.2) is 43.3 Å². The number of esters is 1. The summed E-state index contributed by atoms with van der Waals surface area (Å²) in [4.78, 5) is 27.3. The van der Waals surface area contributed by atoms with E-state index >= 15 is 0 Å². The number of thioether (sulfide) groups is 1. The number of carbonyl (C=O) groups excluding carboxylic acids is 2. The Bertz CT molecular complexity index is 823. The molecule has 1 N–H and O–H groups in total. The van der Waals surface area contributed by atoms with Gasteiger partial charge in [0.1, 0.15) is 5.75 Å². The van der Waals surface area contributed by atoms with Crippen LogP contribution in [0.1, 0.15) is 17.7 Å². The predicted octanol–water partition coefficient (Wildman–Crippen LogP) is 2.80. The third-order valence-electron chi connectivity index (χ3n) is 4.26. The number of rotatable bonds is 5. The number of para-hydroxylation sites is 1. The maximum Gasteiger partial charge on any atom is 0.303 e. The monoisotopic (exact) mass is 387 g/mol. The number of carbonyl (C=O) groups is 2. The molecule has 2 atom stereocenters. The summed E-state index contributed by atoms with van der Waals surface area (Å²) in [5.41, 5.74) is 1.55. The average Bonchev–Trinajstić information content (AvgIpc) is 2.78. The van der Waals surface area contributed by atoms with Crippen LogP contribution in [0.2, 0.25) is 0 Å². The molecule has 0 spiro atoms. The normalized spacial score (nSPS) is 19.2. The number of hydrogen-bond acceptors (Lipinski definition) is 6. The molecule has 0 aromatic heterocycles. The molecule has 1 aliphatic heterocycles. The second-order valence-corrected chi connectivity index (χ2v) is 7.21. The summed E-state index contributed by atoms with van der Waals surface area (Å²) in [6, 6.07) is 14.8. The molecule has 1 heterocycles. The summed E-state index contributed by atoms with van der Waals surface area (Å²) in [6.45, 7) is 1.23. The Morgan fingerprint density at radius 3 is 2.52 bits per heavy atom. The summed E-state index contributed by atoms with van der Waals surface area (Å²) in [5.74, 6) is -0.171. The topological polar surface area (TPSA) is 76.1 Å². The Hall–Kier alpha value is -2.51. The van der Waals surface area contributed by atoms with E-state index in [0.29, 0.717) is 11.4 Å². The van der Waals surface area contributed by atoms with Gasteiger partial charge in [-0.1, -0.05) is 24.3 Å². The van der Waals surface area contributed by atoms with E-state index in [2.05, 4.69) is 0 Å². The zero-order valence-electron chi connectivity index (χ0n) is 15.1. The van der Waals surface area contributed by atoms with Gasteiger partial charge in [-0.2, -0.15) is 0 Å². The molecule has 0 aliphatic carbocycles. The molecule has 0 saturated carbocycles. The van der Waals surface area contributed by atoms with Gasteiger partial charge in [0.25, 0.3) is 5.91 Å². The largest absolute Gasteiger partial charge is 0.497 e. The maximum atomic E-state index is 13.2. The predicted molar refractivity (Wildman–Crippen MR) is 103 cm³/mol. The van der Waals surface area contributed by atoms with E-state index in [9.17, 15) is 14.7 Å². The fourth-order valence-electron chi connectivity index (χ4n) is 3.04. The summed E-state index contributed by atoms with van der Waals surface area (Å²) >= 11 is 1.47. The number of aliphatic hydroxyl groups excluding tert-OH is 1. The lowest BCUT2D eigenvalue weighted by Gasteiger charge is -2.27. The van der Waals surface area contributed by atoms with Gasteiger partial charge in [0.05, 0.1) is 24.7 Å². The van der Waals surface area contributed by atoms with Gasteiger partial charge in [-0.15, -0.1) is 11.8 Å². The van der Waals surface area contributed by atoms with E-state index in [4.69, 9.17) is 9.47 Å². The standard InChI is InChI=1S/C20H21NO5S/c1-13(23)26-18-19(14-7-9-15(25-2)10-8-14)27-17-6-4-3-5-16(17)21(11-12-22)20(18)24/h3-10,18-19,22H,11-12H2,1-2H3. The SMILES string of the molecule is COc1ccc(C2Sc3ccccc3N(CCO)C(=O)C2OC(C)=O)cc1. The minimum absolute atomic E-state index is 0.128. The van der Waals surface area contributed by atoms with E-state index in [-0.39, 0.29) is 19.1 Å². The van der Waals surface area contributed by atoms with Crippen molar-refractivity contribution in [2.24, 2.45) is 0 Å². The van der Waals surface area contributed by atoms with Gasteiger partial charge in [0, 0.05) is 18.4 Å². The summed E-state index contributed by atoms with van der Waals surface area (Å²) in [5, 5.41) is 9.02. The van der Waals surface area contributed by atoms with Gasteiger partial charge in [-0.25, -0.2) is 0 Å². The Balaban J connectivity index is 2.09. The smallest absolute Gasteiger partial charge is 0.303 e. The molecule has 7 heteroatoms. The zero-order valence-corrected chi connectivity index (χ0v) is 15.9. The van der Waals surface area contributed by atoms with Crippen molar-refractivity contribution in [1.82, 2.24) is 0 Å². The van der Waals surface area contributed by atoms with Crippen molar-refractivity contribution in [3.63, 3.8) is 0 Å². The Morgan fingerprint density at radius 2 is 1.89 bits per heavy atom. The van der Waals surface area contributed by atoms with E-state index in [1.54, 1.807) is 7.11 Å². The Labute approximate surface area is 162 Å². The first kappa shape index (κ1) is 19.3. The van der Waals surface area contributed by atoms with Gasteiger partial charge in [0.2, 0.25) is 0 Å². The molecule has 2 aromatic rings. The number of aliphatic hydroxyl groups is 1. The number of fused-ring (bicyclic) bond motifs is 1. The number of amides is 1. The second-order valence-electron chi connectivity index (χ2n) is 6.02. The third kappa shape index (κ3) is 4.09. The van der Waals surface area contributed by atoms with E-state index in [1.165, 1.54) is 23.6 Å². The fourth-order valence-corrected chi connectivity index (χ4v) is 4.36. The van der Waals surface area contributed by atoms with Crippen molar-refractivity contribution < 1.29 is 24.2 Å². The minimum Gasteiger partial charge on any atom is -0.497 e. The number of β-amino-alcohol motifs (C(OH)–C–C–N with tert-alkyl or cyclic N) is 1. The molecule has 6 nitrogen and oxygen atoms in total. The molecule has 0 bridgehead atoms. The lowest BCUT2D eigenvalue weighted by Crippen LogP contribution is -2.43. The molecule has 27 heavy (non-hydrogen) atoms. The van der Waals surface area contributed by atoms with Gasteiger partial charge in [0.15, 0.2) is 6.10 Å². The van der Waals surface area contributed by atoms with Gasteiger partial charge in [-0.05, 0) is 29.8 Å². The number of nitrogens with zero attached hydrogens (tertiary/aromatic N) is 1. The highest BCUT2D eigenvalue weighted by atomic mass is 32.2. The minimum atomic E-state index is -1.00. The molecule has 2 aromatic carbocycles. The molecule has 0 fully saturated rings. The van der Waals surface area contributed by atoms with Crippen LogP contribution in [0.15, 0.2) is 53.4 Å². The molecule has 0 saturated heterocycles. The zero-order chi connectivity index (χ0) is 19.4. The van der Waals surface area contributed by atoms with Crippen LogP contribution in [-0.2, 0) is 14.3 Å². The highest BCUT2D eigenvalue weighted by molar-refractivity contribution is 7.99. The first-order chi connectivity index (χ1) is 13.0. The molecule has 2 unspecified atom stereocenters. The van der Waals surface area contributed by atoms with Crippen LogP contribution < -0.4 is 9.64 Å². The number of hydrogen-bond donors (Lipinski definition) is 1. The van der Waals surface area contributed by atoms with Gasteiger partial charge >= 0.3 is 5.97 Å². The number of methoxy groups -OCH3 is 1. The molecule has 142 valence electrons. The Morgan fingerprint density at radius 1 is 1.19 bits per heavy atom. The molecule has 1 amide bonds. The summed E-state index contributed by atoms with van der Waals surface area (Å²) < 4.78 is 10.7. The summed E-state index contributed by atoms with van der Waals surface area (Å²) in [7, 11) is 1.59. The first-order valence-corrected chi connectivity index (χ1v) is 9.42. The van der Waals surface area contributed by atoms with Crippen molar-refractivity contribution in [2.45, 2.75) is 23.2 Å². The molecular weight excluding hydrogens is 366 g/mol. The van der Waals surface area contributed by atoms with Crippen LogP contribution in [0.5, 0.6) is 5.75 Å². The second kappa shape index (κ2) is 8.45. The number of anilines is 1. The van der Waals surface area contributed by atoms with Gasteiger partial charge in [-0.3, -0.25) is 9.59 Å². The van der Waals surface area contributed by atoms with Crippen LogP contribution in [0.3, 0.4) is 0 Å². The van der Waals surface area contributed by atoms with E-state index in [0.717, 1.165) is 10.5 Å². The van der Waals surface area contributed by atoms with Crippen molar-refractivity contribution in [1.29, 1.82) is 0 Å². The highest BCUT2D eigenvalue weighted by Gasteiger charge is 2.40. The molecule has 0 radical (unpaired) electrons. The van der Waals surface area contributed by atoms with E-state index < -0.39 is 17.3 Å². The Kier molecular flexibility index (Phi) is 6.03. The molecular formula is C20H21NO5S. The van der Waals surface area contributed by atoms with Crippen LogP contribution >= 0.6 is 11.8 Å². The molecule has 3 rings (SSSR count). The van der Waals surface area contributed by atoms with Crippen LogP contribution in [0.4, 0.5) is 5.69 Å². The van der Waals surface area contributed by atoms with Crippen molar-refractivity contribution in [2.75, 3.05) is 25.2 Å². The van der Waals surface area contributed by atoms with E-state index in [1.807, 2.05) is 48.5 Å². The lowest BCUT2D eigenvalue weighted by molar-refractivity contribution is -0.152. The van der Waals surface area contributed by atoms with Crippen LogP contribution in [0.25, 0.3) is 0 Å². The van der Waals surface area contributed by atoms with Crippen molar-refractivity contribution in [3.05, 3.63) is 54.1 Å². The lowest BCUT2D eigenvalue weighted by atomic mass is 10.1. The maximum absolute atomic E-state index is 13.2. The van der Waals surface area contributed by atoms with Gasteiger partial charge < -0.3 is 19.5 Å². The summed E-state index contributed by atoms with van der Waals surface area (Å²) in [6.07, 6.45) is -1.00. The quantitative estimate of drug-likeness (QED) is 0.795.